The molecule has 2 heteroatoms. The molecule has 0 aliphatic heterocycles. The summed E-state index contributed by atoms with van der Waals surface area (Å²) in [7, 11) is 3.65. The fourth-order valence-electron chi connectivity index (χ4n) is 0.439. The molecule has 0 aliphatic rings. The van der Waals surface area contributed by atoms with Gasteiger partial charge in [0.25, 0.3) is 0 Å². The van der Waals surface area contributed by atoms with Gasteiger partial charge >= 0.3 is 0 Å². The van der Waals surface area contributed by atoms with Crippen LogP contribution < -0.4 is 5.32 Å². The highest BCUT2D eigenvalue weighted by atomic mass is 16.5. The lowest BCUT2D eigenvalue weighted by Gasteiger charge is -2.16. The van der Waals surface area contributed by atoms with E-state index in [1.807, 2.05) is 14.0 Å². The number of likely N-dealkylation sites (N-methyl/N-ethyl adjacent to an activating group) is 1. The fourth-order valence-corrected chi connectivity index (χ4v) is 0.439. The first-order valence-corrected chi connectivity index (χ1v) is 2.92. The molecule has 2 atom stereocenters. The quantitative estimate of drug-likeness (QED) is 0.585. The molecule has 2 unspecified atom stereocenters. The molecule has 50 valence electrons. The molecular weight excluding hydrogens is 102 g/mol. The molecule has 0 fully saturated rings. The van der Waals surface area contributed by atoms with Gasteiger partial charge in [0.05, 0.1) is 6.10 Å². The first-order valence-electron chi connectivity index (χ1n) is 2.92. The topological polar surface area (TPSA) is 21.3 Å². The van der Waals surface area contributed by atoms with E-state index in [9.17, 15) is 0 Å². The lowest BCUT2D eigenvalue weighted by atomic mass is 10.2. The molecule has 2 nitrogen and oxygen atoms in total. The predicted octanol–water partition coefficient (Wildman–Crippen LogP) is 0.629. The maximum Gasteiger partial charge on any atom is 0.0693 e. The molecule has 0 saturated carbocycles. The van der Waals surface area contributed by atoms with Crippen LogP contribution in [0.1, 0.15) is 13.8 Å². The normalized spacial score (nSPS) is 18.0. The summed E-state index contributed by atoms with van der Waals surface area (Å²) in [5.74, 6) is 0. The standard InChI is InChI=1S/C6H15NO/c1-5(7-3)6(2)8-4/h5-7H,1-4H3. The Labute approximate surface area is 51.2 Å². The van der Waals surface area contributed by atoms with Crippen molar-refractivity contribution in [2.45, 2.75) is 26.0 Å². The number of nitrogens with one attached hydrogen (secondary N) is 1. The van der Waals surface area contributed by atoms with Gasteiger partial charge in [-0.2, -0.15) is 0 Å². The second-order valence-electron chi connectivity index (χ2n) is 2.02. The average Bonchev–Trinajstić information content (AvgIpc) is 1.84. The highest BCUT2D eigenvalue weighted by molar-refractivity contribution is 4.63. The summed E-state index contributed by atoms with van der Waals surface area (Å²) in [5, 5.41) is 3.09. The minimum atomic E-state index is 0.306. The fraction of sp³-hybridized carbons (Fsp3) is 1.00. The van der Waals surface area contributed by atoms with Gasteiger partial charge < -0.3 is 10.1 Å². The zero-order chi connectivity index (χ0) is 6.57. The maximum absolute atomic E-state index is 5.04. The molecule has 0 saturated heterocycles. The van der Waals surface area contributed by atoms with Crippen LogP contribution in [0.15, 0.2) is 0 Å². The summed E-state index contributed by atoms with van der Waals surface area (Å²) in [6.45, 7) is 4.13. The summed E-state index contributed by atoms with van der Waals surface area (Å²) >= 11 is 0. The largest absolute Gasteiger partial charge is 0.380 e. The average molecular weight is 117 g/mol. The number of hydrogen-bond donors (Lipinski definition) is 1. The van der Waals surface area contributed by atoms with Gasteiger partial charge in [-0.1, -0.05) is 0 Å². The van der Waals surface area contributed by atoms with Crippen molar-refractivity contribution >= 4 is 0 Å². The zero-order valence-electron chi connectivity index (χ0n) is 6.06. The first kappa shape index (κ1) is 7.92. The summed E-state index contributed by atoms with van der Waals surface area (Å²) in [6.07, 6.45) is 0.306. The number of methoxy groups -OCH3 is 1. The molecule has 0 aliphatic carbocycles. The van der Waals surface area contributed by atoms with Crippen LogP contribution >= 0.6 is 0 Å². The molecule has 0 heterocycles. The molecule has 0 aromatic heterocycles. The third kappa shape index (κ3) is 2.28. The summed E-state index contributed by atoms with van der Waals surface area (Å²) in [4.78, 5) is 0. The third-order valence-corrected chi connectivity index (χ3v) is 1.53. The second kappa shape index (κ2) is 3.87. The van der Waals surface area contributed by atoms with Crippen molar-refractivity contribution in [1.82, 2.24) is 5.32 Å². The van der Waals surface area contributed by atoms with Gasteiger partial charge in [-0.25, -0.2) is 0 Å². The van der Waals surface area contributed by atoms with E-state index in [0.717, 1.165) is 0 Å². The van der Waals surface area contributed by atoms with Crippen molar-refractivity contribution in [3.8, 4) is 0 Å². The molecule has 0 radical (unpaired) electrons. The highest BCUT2D eigenvalue weighted by Crippen LogP contribution is 1.93. The third-order valence-electron chi connectivity index (χ3n) is 1.53. The molecule has 0 aromatic carbocycles. The van der Waals surface area contributed by atoms with Gasteiger partial charge in [0.15, 0.2) is 0 Å². The van der Waals surface area contributed by atoms with Crippen molar-refractivity contribution in [2.24, 2.45) is 0 Å². The van der Waals surface area contributed by atoms with Crippen LogP contribution in [0.4, 0.5) is 0 Å². The van der Waals surface area contributed by atoms with Crippen LogP contribution in [0, 0.1) is 0 Å². The van der Waals surface area contributed by atoms with E-state index in [1.165, 1.54) is 0 Å². The smallest absolute Gasteiger partial charge is 0.0693 e. The number of hydrogen-bond acceptors (Lipinski definition) is 2. The van der Waals surface area contributed by atoms with Gasteiger partial charge in [0, 0.05) is 13.2 Å². The molecule has 8 heavy (non-hydrogen) atoms. The Hall–Kier alpha value is -0.0800. The highest BCUT2D eigenvalue weighted by Gasteiger charge is 2.05. The summed E-state index contributed by atoms with van der Waals surface area (Å²) in [6, 6.07) is 0.444. The molecular formula is C6H15NO. The molecule has 0 spiro atoms. The van der Waals surface area contributed by atoms with E-state index >= 15 is 0 Å². The van der Waals surface area contributed by atoms with Gasteiger partial charge in [-0.05, 0) is 20.9 Å². The van der Waals surface area contributed by atoms with Gasteiger partial charge in [0.2, 0.25) is 0 Å². The van der Waals surface area contributed by atoms with Crippen LogP contribution in [-0.2, 0) is 4.74 Å². The summed E-state index contributed by atoms with van der Waals surface area (Å²) in [5.41, 5.74) is 0. The molecule has 0 aromatic rings. The number of rotatable bonds is 3. The summed E-state index contributed by atoms with van der Waals surface area (Å²) < 4.78 is 5.04. The van der Waals surface area contributed by atoms with Crippen LogP contribution in [0.25, 0.3) is 0 Å². The molecule has 0 amide bonds. The minimum absolute atomic E-state index is 0.306. The lowest BCUT2D eigenvalue weighted by molar-refractivity contribution is 0.0914. The van der Waals surface area contributed by atoms with E-state index in [1.54, 1.807) is 7.11 Å². The Bertz CT molecular complexity index is 48.5. The van der Waals surface area contributed by atoms with Crippen LogP contribution in [0.5, 0.6) is 0 Å². The second-order valence-corrected chi connectivity index (χ2v) is 2.02. The van der Waals surface area contributed by atoms with Gasteiger partial charge in [-0.3, -0.25) is 0 Å². The molecule has 0 bridgehead atoms. The Morgan fingerprint density at radius 3 is 2.00 bits per heavy atom. The van der Waals surface area contributed by atoms with Crippen molar-refractivity contribution in [3.05, 3.63) is 0 Å². The Morgan fingerprint density at radius 1 is 1.38 bits per heavy atom. The SMILES string of the molecule is CNC(C)C(C)OC. The van der Waals surface area contributed by atoms with Crippen LogP contribution in [-0.4, -0.2) is 26.3 Å². The maximum atomic E-state index is 5.04. The Kier molecular flexibility index (Phi) is 3.83. The zero-order valence-corrected chi connectivity index (χ0v) is 6.06. The van der Waals surface area contributed by atoms with Gasteiger partial charge in [0.1, 0.15) is 0 Å². The predicted molar refractivity (Wildman–Crippen MR) is 35.0 cm³/mol. The van der Waals surface area contributed by atoms with E-state index in [4.69, 9.17) is 4.74 Å². The van der Waals surface area contributed by atoms with Crippen molar-refractivity contribution < 1.29 is 4.74 Å². The Morgan fingerprint density at radius 2 is 1.88 bits per heavy atom. The van der Waals surface area contributed by atoms with E-state index in [2.05, 4.69) is 12.2 Å². The monoisotopic (exact) mass is 117 g/mol. The van der Waals surface area contributed by atoms with Crippen molar-refractivity contribution in [1.29, 1.82) is 0 Å². The first-order chi connectivity index (χ1) is 3.72. The van der Waals surface area contributed by atoms with Crippen LogP contribution in [0.3, 0.4) is 0 Å². The van der Waals surface area contributed by atoms with Crippen molar-refractivity contribution in [2.75, 3.05) is 14.2 Å². The molecule has 1 N–H and O–H groups in total. The lowest BCUT2D eigenvalue weighted by Crippen LogP contribution is -2.33. The van der Waals surface area contributed by atoms with E-state index < -0.39 is 0 Å². The van der Waals surface area contributed by atoms with Gasteiger partial charge in [-0.15, -0.1) is 0 Å². The van der Waals surface area contributed by atoms with Crippen molar-refractivity contribution in [3.63, 3.8) is 0 Å². The number of ether oxygens (including phenoxy) is 1. The van der Waals surface area contributed by atoms with E-state index in [0.29, 0.717) is 12.1 Å². The minimum Gasteiger partial charge on any atom is -0.380 e. The molecule has 0 rings (SSSR count). The van der Waals surface area contributed by atoms with E-state index in [-0.39, 0.29) is 0 Å². The van der Waals surface area contributed by atoms with Crippen LogP contribution in [0.2, 0.25) is 0 Å². The Balaban J connectivity index is 3.29.